The van der Waals surface area contributed by atoms with Crippen LogP contribution in [-0.2, 0) is 13.2 Å². The number of hydrogen-bond acceptors (Lipinski definition) is 4. The molecule has 0 bridgehead atoms. The summed E-state index contributed by atoms with van der Waals surface area (Å²) in [5.41, 5.74) is 2.12. The van der Waals surface area contributed by atoms with E-state index < -0.39 is 0 Å². The first-order valence-corrected chi connectivity index (χ1v) is 6.88. The lowest BCUT2D eigenvalue weighted by Gasteiger charge is -2.13. The number of hydrogen-bond donors (Lipinski definition) is 2. The first kappa shape index (κ1) is 14.5. The van der Waals surface area contributed by atoms with Crippen LogP contribution < -0.4 is 10.1 Å². The molecule has 4 heteroatoms. The average Bonchev–Trinajstić information content (AvgIpc) is 2.92. The van der Waals surface area contributed by atoms with Gasteiger partial charge in [0, 0.05) is 0 Å². The third kappa shape index (κ3) is 3.78. The van der Waals surface area contributed by atoms with Gasteiger partial charge in [-0.15, -0.1) is 0 Å². The summed E-state index contributed by atoms with van der Waals surface area (Å²) in [5.74, 6) is 2.23. The van der Waals surface area contributed by atoms with Gasteiger partial charge in [0.1, 0.15) is 23.9 Å². The van der Waals surface area contributed by atoms with Crippen molar-refractivity contribution in [2.24, 2.45) is 0 Å². The molecule has 0 amide bonds. The summed E-state index contributed by atoms with van der Waals surface area (Å²) in [7, 11) is 0. The van der Waals surface area contributed by atoms with Gasteiger partial charge < -0.3 is 19.6 Å². The molecule has 0 unspecified atom stereocenters. The van der Waals surface area contributed by atoms with Crippen molar-refractivity contribution < 1.29 is 14.3 Å². The summed E-state index contributed by atoms with van der Waals surface area (Å²) in [6, 6.07) is 9.72. The molecule has 0 spiro atoms. The van der Waals surface area contributed by atoms with Crippen LogP contribution in [0.15, 0.2) is 34.7 Å². The van der Waals surface area contributed by atoms with E-state index in [0.717, 1.165) is 23.6 Å². The van der Waals surface area contributed by atoms with Crippen LogP contribution in [0.2, 0.25) is 0 Å². The highest BCUT2D eigenvalue weighted by atomic mass is 16.5. The Morgan fingerprint density at radius 3 is 2.70 bits per heavy atom. The van der Waals surface area contributed by atoms with E-state index in [1.54, 1.807) is 6.07 Å². The molecule has 1 aromatic carbocycles. The quantitative estimate of drug-likeness (QED) is 0.812. The molecule has 0 saturated heterocycles. The van der Waals surface area contributed by atoms with Gasteiger partial charge in [-0.2, -0.15) is 0 Å². The Balaban J connectivity index is 2.04. The van der Waals surface area contributed by atoms with Crippen molar-refractivity contribution in [2.75, 3.05) is 11.9 Å². The molecule has 0 fully saturated rings. The molecule has 20 heavy (non-hydrogen) atoms. The standard InChI is InChI=1S/C16H21NO3/c1-3-8-19-16-9-12(2)4-7-15(16)17-10-13-5-6-14(11-18)20-13/h4-7,9,17-18H,3,8,10-11H2,1-2H3. The first-order chi connectivity index (χ1) is 9.72. The highest BCUT2D eigenvalue weighted by Gasteiger charge is 2.06. The topological polar surface area (TPSA) is 54.6 Å². The summed E-state index contributed by atoms with van der Waals surface area (Å²) in [5, 5.41) is 12.3. The largest absolute Gasteiger partial charge is 0.491 e. The van der Waals surface area contributed by atoms with Gasteiger partial charge in [-0.25, -0.2) is 0 Å². The Kier molecular flexibility index (Phi) is 5.07. The maximum atomic E-state index is 8.97. The van der Waals surface area contributed by atoms with Gasteiger partial charge in [-0.3, -0.25) is 0 Å². The molecule has 2 N–H and O–H groups in total. The third-order valence-corrected chi connectivity index (χ3v) is 2.93. The normalized spacial score (nSPS) is 10.6. The van der Waals surface area contributed by atoms with Crippen LogP contribution in [0, 0.1) is 6.92 Å². The van der Waals surface area contributed by atoms with Gasteiger partial charge in [0.05, 0.1) is 18.8 Å². The SMILES string of the molecule is CCCOc1cc(C)ccc1NCc1ccc(CO)o1. The zero-order valence-electron chi connectivity index (χ0n) is 12.0. The molecule has 1 heterocycles. The van der Waals surface area contributed by atoms with Crippen LogP contribution in [0.4, 0.5) is 5.69 Å². The zero-order chi connectivity index (χ0) is 14.4. The number of aliphatic hydroxyl groups is 1. The van der Waals surface area contributed by atoms with Crippen molar-refractivity contribution in [2.45, 2.75) is 33.4 Å². The molecule has 0 saturated carbocycles. The van der Waals surface area contributed by atoms with E-state index in [1.807, 2.05) is 31.2 Å². The zero-order valence-corrected chi connectivity index (χ0v) is 12.0. The van der Waals surface area contributed by atoms with Gasteiger partial charge in [-0.1, -0.05) is 13.0 Å². The first-order valence-electron chi connectivity index (χ1n) is 6.88. The van der Waals surface area contributed by atoms with E-state index in [9.17, 15) is 0 Å². The molecule has 2 rings (SSSR count). The molecule has 0 atom stereocenters. The van der Waals surface area contributed by atoms with E-state index in [0.29, 0.717) is 18.9 Å². The molecule has 108 valence electrons. The van der Waals surface area contributed by atoms with Crippen LogP contribution in [0.3, 0.4) is 0 Å². The van der Waals surface area contributed by atoms with Crippen LogP contribution in [-0.4, -0.2) is 11.7 Å². The van der Waals surface area contributed by atoms with Crippen LogP contribution in [0.1, 0.15) is 30.4 Å². The fraction of sp³-hybridized carbons (Fsp3) is 0.375. The second kappa shape index (κ2) is 7.01. The smallest absolute Gasteiger partial charge is 0.142 e. The molecule has 2 aromatic rings. The average molecular weight is 275 g/mol. The monoisotopic (exact) mass is 275 g/mol. The highest BCUT2D eigenvalue weighted by molar-refractivity contribution is 5.57. The minimum absolute atomic E-state index is 0.0740. The lowest BCUT2D eigenvalue weighted by molar-refractivity contribution is 0.244. The predicted octanol–water partition coefficient (Wildman–Crippen LogP) is 3.48. The van der Waals surface area contributed by atoms with E-state index in [-0.39, 0.29) is 6.61 Å². The van der Waals surface area contributed by atoms with Crippen LogP contribution in [0.5, 0.6) is 5.75 Å². The summed E-state index contributed by atoms with van der Waals surface area (Å²) in [6.07, 6.45) is 0.978. The second-order valence-electron chi connectivity index (χ2n) is 4.73. The minimum atomic E-state index is -0.0740. The Bertz CT molecular complexity index is 548. The summed E-state index contributed by atoms with van der Waals surface area (Å²) < 4.78 is 11.2. The fourth-order valence-electron chi connectivity index (χ4n) is 1.89. The third-order valence-electron chi connectivity index (χ3n) is 2.93. The molecule has 0 aliphatic heterocycles. The van der Waals surface area contributed by atoms with Crippen molar-refractivity contribution in [3.05, 3.63) is 47.4 Å². The number of nitrogens with one attached hydrogen (secondary N) is 1. The van der Waals surface area contributed by atoms with Crippen molar-refractivity contribution in [3.8, 4) is 5.75 Å². The molecule has 0 aliphatic rings. The summed E-state index contributed by atoms with van der Waals surface area (Å²) in [6.45, 7) is 5.32. The minimum Gasteiger partial charge on any atom is -0.491 e. The molecule has 4 nitrogen and oxygen atoms in total. The van der Waals surface area contributed by atoms with Crippen molar-refractivity contribution in [1.29, 1.82) is 0 Å². The molecule has 0 aliphatic carbocycles. The number of rotatable bonds is 7. The molecule has 0 radical (unpaired) electrons. The van der Waals surface area contributed by atoms with Crippen molar-refractivity contribution >= 4 is 5.69 Å². The highest BCUT2D eigenvalue weighted by Crippen LogP contribution is 2.26. The number of ether oxygens (including phenoxy) is 1. The Morgan fingerprint density at radius 1 is 1.20 bits per heavy atom. The predicted molar refractivity (Wildman–Crippen MR) is 78.9 cm³/mol. The Labute approximate surface area is 119 Å². The van der Waals surface area contributed by atoms with Crippen LogP contribution in [0.25, 0.3) is 0 Å². The molecule has 1 aromatic heterocycles. The number of aryl methyl sites for hydroxylation is 1. The van der Waals surface area contributed by atoms with Gasteiger partial charge in [-0.05, 0) is 43.2 Å². The number of furan rings is 1. The molecular formula is C16H21NO3. The summed E-state index contributed by atoms with van der Waals surface area (Å²) in [4.78, 5) is 0. The van der Waals surface area contributed by atoms with Gasteiger partial charge >= 0.3 is 0 Å². The number of aliphatic hydroxyl groups excluding tert-OH is 1. The Morgan fingerprint density at radius 2 is 2.00 bits per heavy atom. The van der Waals surface area contributed by atoms with E-state index in [4.69, 9.17) is 14.3 Å². The van der Waals surface area contributed by atoms with Crippen LogP contribution >= 0.6 is 0 Å². The van der Waals surface area contributed by atoms with Crippen molar-refractivity contribution in [1.82, 2.24) is 0 Å². The second-order valence-corrected chi connectivity index (χ2v) is 4.73. The lowest BCUT2D eigenvalue weighted by Crippen LogP contribution is -2.03. The Hall–Kier alpha value is -1.94. The summed E-state index contributed by atoms with van der Waals surface area (Å²) >= 11 is 0. The number of benzene rings is 1. The van der Waals surface area contributed by atoms with Gasteiger partial charge in [0.2, 0.25) is 0 Å². The molecular weight excluding hydrogens is 254 g/mol. The van der Waals surface area contributed by atoms with E-state index in [1.165, 1.54) is 5.56 Å². The maximum Gasteiger partial charge on any atom is 0.142 e. The fourth-order valence-corrected chi connectivity index (χ4v) is 1.89. The number of anilines is 1. The van der Waals surface area contributed by atoms with E-state index >= 15 is 0 Å². The lowest BCUT2D eigenvalue weighted by atomic mass is 10.2. The van der Waals surface area contributed by atoms with Gasteiger partial charge in [0.25, 0.3) is 0 Å². The maximum absolute atomic E-state index is 8.97. The van der Waals surface area contributed by atoms with Crippen molar-refractivity contribution in [3.63, 3.8) is 0 Å². The van der Waals surface area contributed by atoms with E-state index in [2.05, 4.69) is 12.2 Å². The van der Waals surface area contributed by atoms with Gasteiger partial charge in [0.15, 0.2) is 0 Å².